The van der Waals surface area contributed by atoms with Crippen molar-refractivity contribution in [2.75, 3.05) is 27.2 Å². The highest BCUT2D eigenvalue weighted by Crippen LogP contribution is 2.08. The molecule has 0 bridgehead atoms. The van der Waals surface area contributed by atoms with E-state index >= 15 is 0 Å². The third-order valence-electron chi connectivity index (χ3n) is 3.05. The molecule has 7 nitrogen and oxygen atoms in total. The second kappa shape index (κ2) is 6.72. The molecule has 0 rings (SSSR count). The fourth-order valence-corrected chi connectivity index (χ4v) is 1.18. The standard InChI is InChI=1S/C12H25N3O4/c1-11(2,15(4)5)7-13-10(18)14-8-12(3,19)6-9(16)17/h19H,6-8H2,1-5H3,(H,16,17)(H2,13,14,18). The molecule has 2 amide bonds. The summed E-state index contributed by atoms with van der Waals surface area (Å²) in [4.78, 5) is 24.0. The Bertz CT molecular complexity index is 327. The molecule has 0 fully saturated rings. The predicted molar refractivity (Wildman–Crippen MR) is 72.0 cm³/mol. The van der Waals surface area contributed by atoms with E-state index in [-0.39, 0.29) is 12.1 Å². The molecule has 112 valence electrons. The van der Waals surface area contributed by atoms with E-state index in [1.54, 1.807) is 0 Å². The molecule has 0 aliphatic carbocycles. The number of carboxylic acids is 1. The first-order valence-electron chi connectivity index (χ1n) is 6.09. The second-order valence-electron chi connectivity index (χ2n) is 5.81. The lowest BCUT2D eigenvalue weighted by Crippen LogP contribution is -2.52. The third-order valence-corrected chi connectivity index (χ3v) is 3.05. The van der Waals surface area contributed by atoms with Gasteiger partial charge in [0.1, 0.15) is 0 Å². The molecule has 0 aromatic rings. The van der Waals surface area contributed by atoms with E-state index in [2.05, 4.69) is 10.6 Å². The van der Waals surface area contributed by atoms with Gasteiger partial charge in [-0.3, -0.25) is 4.79 Å². The number of aliphatic carboxylic acids is 1. The zero-order chi connectivity index (χ0) is 15.3. The minimum absolute atomic E-state index is 0.118. The molecule has 0 radical (unpaired) electrons. The number of hydrogen-bond acceptors (Lipinski definition) is 4. The average molecular weight is 275 g/mol. The van der Waals surface area contributed by atoms with Crippen molar-refractivity contribution in [1.82, 2.24) is 15.5 Å². The van der Waals surface area contributed by atoms with Crippen LogP contribution >= 0.6 is 0 Å². The lowest BCUT2D eigenvalue weighted by Gasteiger charge is -2.32. The Morgan fingerprint density at radius 3 is 2.00 bits per heavy atom. The number of carbonyl (C=O) groups is 2. The summed E-state index contributed by atoms with van der Waals surface area (Å²) < 4.78 is 0. The van der Waals surface area contributed by atoms with Crippen molar-refractivity contribution in [2.45, 2.75) is 38.3 Å². The molecule has 0 spiro atoms. The van der Waals surface area contributed by atoms with Gasteiger partial charge in [0.05, 0.1) is 12.0 Å². The predicted octanol–water partition coefficient (Wildman–Crippen LogP) is -0.148. The number of rotatable bonds is 7. The molecule has 0 heterocycles. The Morgan fingerprint density at radius 2 is 1.58 bits per heavy atom. The first-order valence-corrected chi connectivity index (χ1v) is 6.09. The molecule has 1 atom stereocenters. The molecule has 0 aromatic carbocycles. The van der Waals surface area contributed by atoms with Crippen molar-refractivity contribution in [1.29, 1.82) is 0 Å². The van der Waals surface area contributed by atoms with Crippen molar-refractivity contribution in [3.63, 3.8) is 0 Å². The highest BCUT2D eigenvalue weighted by Gasteiger charge is 2.25. The van der Waals surface area contributed by atoms with E-state index < -0.39 is 24.0 Å². The van der Waals surface area contributed by atoms with Crippen LogP contribution in [0.3, 0.4) is 0 Å². The van der Waals surface area contributed by atoms with Gasteiger partial charge < -0.3 is 25.7 Å². The van der Waals surface area contributed by atoms with Crippen LogP contribution in [0.2, 0.25) is 0 Å². The van der Waals surface area contributed by atoms with Gasteiger partial charge >= 0.3 is 12.0 Å². The molecule has 1 unspecified atom stereocenters. The van der Waals surface area contributed by atoms with Crippen LogP contribution in [0.25, 0.3) is 0 Å². The number of nitrogens with one attached hydrogen (secondary N) is 2. The Labute approximate surface area is 114 Å². The van der Waals surface area contributed by atoms with Crippen LogP contribution in [0.15, 0.2) is 0 Å². The maximum absolute atomic E-state index is 11.5. The molecule has 0 aliphatic rings. The van der Waals surface area contributed by atoms with Crippen LogP contribution in [-0.2, 0) is 4.79 Å². The summed E-state index contributed by atoms with van der Waals surface area (Å²) in [6.07, 6.45) is -0.420. The van der Waals surface area contributed by atoms with E-state index in [0.717, 1.165) is 0 Å². The zero-order valence-corrected chi connectivity index (χ0v) is 12.3. The van der Waals surface area contributed by atoms with Gasteiger partial charge in [-0.05, 0) is 34.9 Å². The highest BCUT2D eigenvalue weighted by molar-refractivity contribution is 5.74. The first-order chi connectivity index (χ1) is 8.46. The minimum Gasteiger partial charge on any atom is -0.481 e. The molecule has 4 N–H and O–H groups in total. The molecular weight excluding hydrogens is 250 g/mol. The van der Waals surface area contributed by atoms with E-state index in [1.165, 1.54) is 6.92 Å². The summed E-state index contributed by atoms with van der Waals surface area (Å²) in [5.41, 5.74) is -1.65. The van der Waals surface area contributed by atoms with Gasteiger partial charge in [0.2, 0.25) is 0 Å². The van der Waals surface area contributed by atoms with Crippen molar-refractivity contribution in [3.8, 4) is 0 Å². The topological polar surface area (TPSA) is 102 Å². The molecule has 0 saturated carbocycles. The van der Waals surface area contributed by atoms with Gasteiger partial charge in [0, 0.05) is 18.6 Å². The zero-order valence-electron chi connectivity index (χ0n) is 12.3. The molecule has 0 aliphatic heterocycles. The third kappa shape index (κ3) is 7.63. The summed E-state index contributed by atoms with van der Waals surface area (Å²) in [6.45, 7) is 5.65. The van der Waals surface area contributed by atoms with E-state index in [0.29, 0.717) is 6.54 Å². The van der Waals surface area contributed by atoms with Crippen molar-refractivity contribution >= 4 is 12.0 Å². The monoisotopic (exact) mass is 275 g/mol. The van der Waals surface area contributed by atoms with Crippen molar-refractivity contribution in [2.24, 2.45) is 0 Å². The number of carbonyl (C=O) groups excluding carboxylic acids is 1. The maximum atomic E-state index is 11.5. The summed E-state index contributed by atoms with van der Waals surface area (Å²) in [5, 5.41) is 23.4. The van der Waals surface area contributed by atoms with Crippen molar-refractivity contribution < 1.29 is 19.8 Å². The second-order valence-corrected chi connectivity index (χ2v) is 5.81. The SMILES string of the molecule is CN(C)C(C)(C)CNC(=O)NCC(C)(O)CC(=O)O. The fraction of sp³-hybridized carbons (Fsp3) is 0.833. The van der Waals surface area contributed by atoms with Gasteiger partial charge in [0.15, 0.2) is 0 Å². The lowest BCUT2D eigenvalue weighted by molar-refractivity contribution is -0.141. The summed E-state index contributed by atoms with van der Waals surface area (Å²) in [6, 6.07) is -0.430. The Balaban J connectivity index is 4.10. The van der Waals surface area contributed by atoms with Crippen LogP contribution in [-0.4, -0.2) is 65.4 Å². The van der Waals surface area contributed by atoms with Crippen LogP contribution in [0, 0.1) is 0 Å². The van der Waals surface area contributed by atoms with E-state index in [4.69, 9.17) is 5.11 Å². The molecule has 0 aromatic heterocycles. The number of amides is 2. The van der Waals surface area contributed by atoms with Crippen LogP contribution in [0.1, 0.15) is 27.2 Å². The number of aliphatic hydroxyl groups is 1. The highest BCUT2D eigenvalue weighted by atomic mass is 16.4. The fourth-order valence-electron chi connectivity index (χ4n) is 1.18. The lowest BCUT2D eigenvalue weighted by atomic mass is 10.0. The first kappa shape index (κ1) is 17.7. The average Bonchev–Trinajstić information content (AvgIpc) is 2.21. The quantitative estimate of drug-likeness (QED) is 0.517. The van der Waals surface area contributed by atoms with Crippen molar-refractivity contribution in [3.05, 3.63) is 0 Å². The smallest absolute Gasteiger partial charge is 0.314 e. The summed E-state index contributed by atoms with van der Waals surface area (Å²) in [7, 11) is 3.83. The Morgan fingerprint density at radius 1 is 1.11 bits per heavy atom. The number of urea groups is 1. The number of nitrogens with zero attached hydrogens (tertiary/aromatic N) is 1. The minimum atomic E-state index is -1.46. The maximum Gasteiger partial charge on any atom is 0.314 e. The molecule has 0 saturated heterocycles. The van der Waals surface area contributed by atoms with Gasteiger partial charge in [0.25, 0.3) is 0 Å². The van der Waals surface area contributed by atoms with Crippen LogP contribution in [0.5, 0.6) is 0 Å². The van der Waals surface area contributed by atoms with Gasteiger partial charge in [-0.2, -0.15) is 0 Å². The van der Waals surface area contributed by atoms with Gasteiger partial charge in [-0.15, -0.1) is 0 Å². The normalized spacial score (nSPS) is 14.9. The summed E-state index contributed by atoms with van der Waals surface area (Å²) in [5.74, 6) is -1.11. The largest absolute Gasteiger partial charge is 0.481 e. The molecule has 7 heteroatoms. The van der Waals surface area contributed by atoms with Crippen LogP contribution < -0.4 is 10.6 Å². The van der Waals surface area contributed by atoms with E-state index in [1.807, 2.05) is 32.8 Å². The number of likely N-dealkylation sites (N-methyl/N-ethyl adjacent to an activating group) is 1. The van der Waals surface area contributed by atoms with Gasteiger partial charge in [-0.1, -0.05) is 0 Å². The summed E-state index contributed by atoms with van der Waals surface area (Å²) >= 11 is 0. The Kier molecular flexibility index (Phi) is 6.24. The Hall–Kier alpha value is -1.34. The number of carboxylic acid groups (broad SMARTS) is 1. The van der Waals surface area contributed by atoms with Crippen LogP contribution in [0.4, 0.5) is 4.79 Å². The van der Waals surface area contributed by atoms with E-state index in [9.17, 15) is 14.7 Å². The molecular formula is C12H25N3O4. The van der Waals surface area contributed by atoms with Gasteiger partial charge in [-0.25, -0.2) is 4.79 Å². The molecule has 19 heavy (non-hydrogen) atoms. The number of hydrogen-bond donors (Lipinski definition) is 4.